The summed E-state index contributed by atoms with van der Waals surface area (Å²) >= 11 is 0. The van der Waals surface area contributed by atoms with Gasteiger partial charge in [0.25, 0.3) is 0 Å². The third kappa shape index (κ3) is 1.89. The lowest BCUT2D eigenvalue weighted by atomic mass is 9.46. The van der Waals surface area contributed by atoms with Gasteiger partial charge in [0.05, 0.1) is 5.60 Å². The molecule has 4 rings (SSSR count). The maximum atomic E-state index is 12.2. The van der Waals surface area contributed by atoms with Gasteiger partial charge in [-0.3, -0.25) is 4.79 Å². The fourth-order valence-corrected chi connectivity index (χ4v) is 7.39. The van der Waals surface area contributed by atoms with Crippen molar-refractivity contribution in [2.24, 2.45) is 28.6 Å². The first kappa shape index (κ1) is 15.9. The first-order valence-electron chi connectivity index (χ1n) is 9.69. The number of rotatable bonds is 0. The van der Waals surface area contributed by atoms with E-state index < -0.39 is 5.60 Å². The molecule has 0 spiro atoms. The van der Waals surface area contributed by atoms with E-state index in [1.165, 1.54) is 19.3 Å². The Morgan fingerprint density at radius 1 is 1.00 bits per heavy atom. The average Bonchev–Trinajstić information content (AvgIpc) is 2.74. The Balaban J connectivity index is 1.66. The van der Waals surface area contributed by atoms with Crippen LogP contribution >= 0.6 is 0 Å². The van der Waals surface area contributed by atoms with E-state index in [9.17, 15) is 9.90 Å². The van der Waals surface area contributed by atoms with Gasteiger partial charge in [-0.15, -0.1) is 0 Å². The molecule has 1 N–H and O–H groups in total. The number of hydrogen-bond acceptors (Lipinski definition) is 2. The standard InChI is InChI=1S/C20H33NO2/c1-18-10-9-17(22)21(4)16(18)6-5-13-14(18)7-11-19(2)15(13)8-12-20(19,3)23/h13-16,23H,5-12H2,1-4H3/t13-,14-,15+,16?,18-,19+,20?/m1/s1. The summed E-state index contributed by atoms with van der Waals surface area (Å²) in [6, 6.07) is 0.441. The second kappa shape index (κ2) is 4.74. The molecule has 4 aliphatic rings. The Kier molecular flexibility index (Phi) is 3.28. The molecule has 7 atom stereocenters. The summed E-state index contributed by atoms with van der Waals surface area (Å²) < 4.78 is 0. The van der Waals surface area contributed by atoms with Crippen molar-refractivity contribution in [2.75, 3.05) is 7.05 Å². The van der Waals surface area contributed by atoms with Gasteiger partial charge >= 0.3 is 0 Å². The second-order valence-electron chi connectivity index (χ2n) is 9.75. The van der Waals surface area contributed by atoms with Crippen molar-refractivity contribution in [1.82, 2.24) is 4.90 Å². The quantitative estimate of drug-likeness (QED) is 0.741. The lowest BCUT2D eigenvalue weighted by Gasteiger charge is -2.62. The molecule has 3 nitrogen and oxygen atoms in total. The molecule has 1 saturated heterocycles. The molecule has 1 aliphatic heterocycles. The molecule has 0 radical (unpaired) electrons. The molecule has 130 valence electrons. The van der Waals surface area contributed by atoms with Gasteiger partial charge < -0.3 is 10.0 Å². The molecule has 0 aromatic heterocycles. The van der Waals surface area contributed by atoms with Crippen LogP contribution in [0.5, 0.6) is 0 Å². The largest absolute Gasteiger partial charge is 0.390 e. The molecule has 0 aromatic carbocycles. The van der Waals surface area contributed by atoms with Crippen LogP contribution in [-0.4, -0.2) is 34.6 Å². The number of aliphatic hydroxyl groups is 1. The Morgan fingerprint density at radius 2 is 1.70 bits per heavy atom. The van der Waals surface area contributed by atoms with E-state index >= 15 is 0 Å². The van der Waals surface area contributed by atoms with Crippen LogP contribution < -0.4 is 0 Å². The van der Waals surface area contributed by atoms with Crippen LogP contribution in [0.1, 0.15) is 72.1 Å². The Labute approximate surface area is 140 Å². The SMILES string of the molecule is CN1C(=O)CC[C@@]2(C)C1CC[C@@H]1[C@H]2CC[C@@]2(C)[C@H]1CCC2(C)O. The van der Waals surface area contributed by atoms with Crippen LogP contribution in [0.2, 0.25) is 0 Å². The molecule has 0 bridgehead atoms. The van der Waals surface area contributed by atoms with Crippen molar-refractivity contribution in [2.45, 2.75) is 83.8 Å². The number of fused-ring (bicyclic) bond motifs is 5. The summed E-state index contributed by atoms with van der Waals surface area (Å²) in [5.74, 6) is 2.52. The molecule has 2 unspecified atom stereocenters. The molecule has 0 aromatic rings. The van der Waals surface area contributed by atoms with Crippen LogP contribution in [0.4, 0.5) is 0 Å². The van der Waals surface area contributed by atoms with Crippen molar-refractivity contribution in [3.05, 3.63) is 0 Å². The van der Waals surface area contributed by atoms with Crippen LogP contribution in [-0.2, 0) is 4.79 Å². The monoisotopic (exact) mass is 319 g/mol. The van der Waals surface area contributed by atoms with Crippen molar-refractivity contribution in [1.29, 1.82) is 0 Å². The molecule has 1 amide bonds. The Hall–Kier alpha value is -0.570. The molecule has 3 heteroatoms. The maximum absolute atomic E-state index is 12.2. The highest BCUT2D eigenvalue weighted by Crippen LogP contribution is 2.66. The lowest BCUT2D eigenvalue weighted by molar-refractivity contribution is -0.166. The summed E-state index contributed by atoms with van der Waals surface area (Å²) in [6.07, 6.45) is 8.77. The van der Waals surface area contributed by atoms with Crippen LogP contribution in [0, 0.1) is 28.6 Å². The molecule has 23 heavy (non-hydrogen) atoms. The first-order chi connectivity index (χ1) is 10.7. The van der Waals surface area contributed by atoms with Gasteiger partial charge in [-0.05, 0) is 80.5 Å². The second-order valence-corrected chi connectivity index (χ2v) is 9.75. The third-order valence-electron chi connectivity index (χ3n) is 9.12. The highest BCUT2D eigenvalue weighted by atomic mass is 16.3. The summed E-state index contributed by atoms with van der Waals surface area (Å²) in [5.41, 5.74) is -0.0885. The minimum atomic E-state index is -0.486. The Morgan fingerprint density at radius 3 is 2.43 bits per heavy atom. The van der Waals surface area contributed by atoms with Gasteiger partial charge in [0.15, 0.2) is 0 Å². The molecular formula is C20H33NO2. The molecule has 4 fully saturated rings. The summed E-state index contributed by atoms with van der Waals surface area (Å²) in [7, 11) is 2.03. The van der Waals surface area contributed by atoms with Gasteiger partial charge in [0, 0.05) is 19.5 Å². The van der Waals surface area contributed by atoms with E-state index in [2.05, 4.69) is 25.7 Å². The van der Waals surface area contributed by atoms with Crippen molar-refractivity contribution < 1.29 is 9.90 Å². The zero-order valence-electron chi connectivity index (χ0n) is 15.3. The first-order valence-corrected chi connectivity index (χ1v) is 9.69. The Bertz CT molecular complexity index is 530. The zero-order valence-corrected chi connectivity index (χ0v) is 15.3. The van der Waals surface area contributed by atoms with Gasteiger partial charge in [-0.1, -0.05) is 13.8 Å². The number of amides is 1. The van der Waals surface area contributed by atoms with E-state index in [1.54, 1.807) is 0 Å². The van der Waals surface area contributed by atoms with Gasteiger partial charge in [0.1, 0.15) is 0 Å². The number of likely N-dealkylation sites (tertiary alicyclic amines) is 1. The van der Waals surface area contributed by atoms with Crippen molar-refractivity contribution >= 4 is 5.91 Å². The molecule has 3 saturated carbocycles. The van der Waals surface area contributed by atoms with Crippen LogP contribution in [0.3, 0.4) is 0 Å². The van der Waals surface area contributed by atoms with E-state index in [0.717, 1.165) is 43.9 Å². The smallest absolute Gasteiger partial charge is 0.222 e. The summed E-state index contributed by atoms with van der Waals surface area (Å²) in [5, 5.41) is 11.0. The number of hydrogen-bond donors (Lipinski definition) is 1. The minimum absolute atomic E-state index is 0.105. The maximum Gasteiger partial charge on any atom is 0.222 e. The van der Waals surface area contributed by atoms with E-state index in [-0.39, 0.29) is 5.41 Å². The van der Waals surface area contributed by atoms with Gasteiger partial charge in [-0.25, -0.2) is 0 Å². The number of carbonyl (C=O) groups is 1. The normalized spacial score (nSPS) is 56.0. The zero-order chi connectivity index (χ0) is 16.6. The van der Waals surface area contributed by atoms with E-state index in [0.29, 0.717) is 23.3 Å². The molecule has 3 aliphatic carbocycles. The number of piperidine rings is 1. The number of nitrogens with zero attached hydrogens (tertiary/aromatic N) is 1. The fraction of sp³-hybridized carbons (Fsp3) is 0.950. The van der Waals surface area contributed by atoms with Crippen molar-refractivity contribution in [3.8, 4) is 0 Å². The molecular weight excluding hydrogens is 286 g/mol. The fourth-order valence-electron chi connectivity index (χ4n) is 7.39. The van der Waals surface area contributed by atoms with E-state index in [4.69, 9.17) is 0 Å². The van der Waals surface area contributed by atoms with Gasteiger partial charge in [0.2, 0.25) is 5.91 Å². The predicted molar refractivity (Wildman–Crippen MR) is 90.8 cm³/mol. The summed E-state index contributed by atoms with van der Waals surface area (Å²) in [4.78, 5) is 14.2. The summed E-state index contributed by atoms with van der Waals surface area (Å²) in [6.45, 7) is 6.90. The highest BCUT2D eigenvalue weighted by molar-refractivity contribution is 5.77. The predicted octanol–water partition coefficient (Wildman–Crippen LogP) is 3.60. The van der Waals surface area contributed by atoms with Crippen molar-refractivity contribution in [3.63, 3.8) is 0 Å². The highest BCUT2D eigenvalue weighted by Gasteiger charge is 2.63. The third-order valence-corrected chi connectivity index (χ3v) is 9.12. The minimum Gasteiger partial charge on any atom is -0.390 e. The lowest BCUT2D eigenvalue weighted by Crippen LogP contribution is -2.62. The van der Waals surface area contributed by atoms with E-state index in [1.807, 2.05) is 7.05 Å². The molecule has 1 heterocycles. The average molecular weight is 319 g/mol. The van der Waals surface area contributed by atoms with Crippen LogP contribution in [0.25, 0.3) is 0 Å². The van der Waals surface area contributed by atoms with Crippen LogP contribution in [0.15, 0.2) is 0 Å². The number of carbonyl (C=O) groups excluding carboxylic acids is 1. The topological polar surface area (TPSA) is 40.5 Å². The van der Waals surface area contributed by atoms with Gasteiger partial charge in [-0.2, -0.15) is 0 Å².